The van der Waals surface area contributed by atoms with E-state index in [1.165, 1.54) is 6.08 Å². The van der Waals surface area contributed by atoms with Gasteiger partial charge in [0.2, 0.25) is 0 Å². The fraction of sp³-hybridized carbons (Fsp3) is 0.0667. The van der Waals surface area contributed by atoms with Gasteiger partial charge in [0, 0.05) is 0 Å². The van der Waals surface area contributed by atoms with Gasteiger partial charge in [-0.05, 0) is 48.0 Å². The Kier molecular flexibility index (Phi) is 2.56. The van der Waals surface area contributed by atoms with Crippen molar-refractivity contribution in [3.05, 3.63) is 59.5 Å². The van der Waals surface area contributed by atoms with E-state index in [1.807, 2.05) is 0 Å². The summed E-state index contributed by atoms with van der Waals surface area (Å²) in [5.41, 5.74) is 0.829. The molecule has 0 unspecified atom stereocenters. The second-order valence-electron chi connectivity index (χ2n) is 4.16. The largest absolute Gasteiger partial charge is 0.389 e. The quantitative estimate of drug-likeness (QED) is 0.678. The van der Waals surface area contributed by atoms with Crippen LogP contribution in [0.3, 0.4) is 0 Å². The lowest BCUT2D eigenvalue weighted by molar-refractivity contribution is 0.0233. The molecule has 0 saturated carbocycles. The Morgan fingerprint density at radius 1 is 0.842 bits per heavy atom. The van der Waals surface area contributed by atoms with Crippen molar-refractivity contribution in [3.8, 4) is 0 Å². The number of rotatable bonds is 0. The monoisotopic (exact) mass is 254 g/mol. The van der Waals surface area contributed by atoms with E-state index in [0.717, 1.165) is 10.8 Å². The summed E-state index contributed by atoms with van der Waals surface area (Å²) in [6, 6.07) is 10.3. The average Bonchev–Trinajstić information content (AvgIpc) is 2.48. The second-order valence-corrected chi connectivity index (χ2v) is 4.16. The molecule has 19 heavy (non-hydrogen) atoms. The van der Waals surface area contributed by atoms with Gasteiger partial charge in [-0.15, -0.1) is 0 Å². The molecular weight excluding hydrogens is 244 g/mol. The number of esters is 2. The lowest BCUT2D eigenvalue weighted by Crippen LogP contribution is -2.10. The third-order valence-electron chi connectivity index (χ3n) is 2.93. The van der Waals surface area contributed by atoms with E-state index in [4.69, 9.17) is 9.47 Å². The van der Waals surface area contributed by atoms with Gasteiger partial charge < -0.3 is 9.47 Å². The van der Waals surface area contributed by atoms with Crippen LogP contribution in [-0.2, 0) is 9.47 Å². The van der Waals surface area contributed by atoms with E-state index >= 15 is 0 Å². The van der Waals surface area contributed by atoms with Crippen molar-refractivity contribution in [2.45, 2.75) is 6.92 Å². The summed E-state index contributed by atoms with van der Waals surface area (Å²) in [5.74, 6) is -1.21. The molecule has 3 heterocycles. The first-order chi connectivity index (χ1) is 9.17. The van der Waals surface area contributed by atoms with Crippen LogP contribution in [-0.4, -0.2) is 11.9 Å². The van der Waals surface area contributed by atoms with Crippen LogP contribution >= 0.6 is 0 Å². The molecule has 0 spiro atoms. The summed E-state index contributed by atoms with van der Waals surface area (Å²) >= 11 is 0. The first-order valence-electron chi connectivity index (χ1n) is 5.82. The Morgan fingerprint density at radius 2 is 1.32 bits per heavy atom. The molecule has 0 aliphatic carbocycles. The lowest BCUT2D eigenvalue weighted by Gasteiger charge is -2.07. The van der Waals surface area contributed by atoms with E-state index in [1.54, 1.807) is 43.3 Å². The Hall–Kier alpha value is -2.62. The second kappa shape index (κ2) is 4.24. The van der Waals surface area contributed by atoms with Crippen LogP contribution in [0.15, 0.2) is 48.4 Å². The van der Waals surface area contributed by atoms with Gasteiger partial charge in [0.25, 0.3) is 5.95 Å². The van der Waals surface area contributed by atoms with Crippen molar-refractivity contribution in [1.29, 1.82) is 0 Å². The molecule has 0 saturated heterocycles. The highest BCUT2D eigenvalue weighted by atomic mass is 16.7. The van der Waals surface area contributed by atoms with Crippen LogP contribution in [0.1, 0.15) is 27.6 Å². The maximum absolute atomic E-state index is 11.9. The summed E-state index contributed by atoms with van der Waals surface area (Å²) < 4.78 is 10.1. The Balaban J connectivity index is 2.26. The number of benzene rings is 2. The van der Waals surface area contributed by atoms with Gasteiger partial charge in [-0.1, -0.05) is 12.1 Å². The van der Waals surface area contributed by atoms with Gasteiger partial charge in [-0.2, -0.15) is 0 Å². The minimum absolute atomic E-state index is 0.109. The molecule has 0 aromatic heterocycles. The molecular formula is C15H10O4. The molecule has 4 heteroatoms. The fourth-order valence-electron chi connectivity index (χ4n) is 1.94. The normalized spacial score (nSPS) is 14.5. The SMILES string of the molecule is CC=C1OC(=O)c2ccc3cc(ccc3c2)C(=O)O1. The maximum Gasteiger partial charge on any atom is 0.345 e. The number of hydrogen-bond acceptors (Lipinski definition) is 4. The van der Waals surface area contributed by atoms with Crippen LogP contribution in [0.4, 0.5) is 0 Å². The summed E-state index contributed by atoms with van der Waals surface area (Å²) in [7, 11) is 0. The predicted octanol–water partition coefficient (Wildman–Crippen LogP) is 3.03. The van der Waals surface area contributed by atoms with E-state index in [-0.39, 0.29) is 5.95 Å². The average molecular weight is 254 g/mol. The van der Waals surface area contributed by atoms with Gasteiger partial charge in [0.15, 0.2) is 0 Å². The van der Waals surface area contributed by atoms with E-state index in [0.29, 0.717) is 11.1 Å². The van der Waals surface area contributed by atoms with Gasteiger partial charge in [0.05, 0.1) is 11.1 Å². The molecule has 4 nitrogen and oxygen atoms in total. The van der Waals surface area contributed by atoms with Crippen molar-refractivity contribution in [2.75, 3.05) is 0 Å². The summed E-state index contributed by atoms with van der Waals surface area (Å²) in [5, 5.41) is 1.74. The molecule has 0 atom stereocenters. The van der Waals surface area contributed by atoms with Crippen LogP contribution in [0.5, 0.6) is 0 Å². The molecule has 0 N–H and O–H groups in total. The molecule has 3 aliphatic heterocycles. The first kappa shape index (κ1) is 11.5. The highest BCUT2D eigenvalue weighted by Gasteiger charge is 2.18. The number of fused-ring (bicyclic) bond motifs is 2. The fourth-order valence-corrected chi connectivity index (χ4v) is 1.94. The van der Waals surface area contributed by atoms with Gasteiger partial charge in [-0.25, -0.2) is 9.59 Å². The van der Waals surface area contributed by atoms with Crippen LogP contribution < -0.4 is 0 Å². The van der Waals surface area contributed by atoms with E-state index in [2.05, 4.69) is 0 Å². The van der Waals surface area contributed by atoms with Gasteiger partial charge in [-0.3, -0.25) is 0 Å². The lowest BCUT2D eigenvalue weighted by atomic mass is 10.0. The zero-order valence-corrected chi connectivity index (χ0v) is 10.2. The topological polar surface area (TPSA) is 52.6 Å². The van der Waals surface area contributed by atoms with Crippen molar-refractivity contribution < 1.29 is 19.1 Å². The first-order valence-corrected chi connectivity index (χ1v) is 5.82. The molecule has 4 bridgehead atoms. The van der Waals surface area contributed by atoms with E-state index in [9.17, 15) is 9.59 Å². The van der Waals surface area contributed by atoms with Crippen LogP contribution in [0.25, 0.3) is 10.8 Å². The number of ether oxygens (including phenoxy) is 2. The molecule has 2 aromatic rings. The Morgan fingerprint density at radius 3 is 1.74 bits per heavy atom. The third kappa shape index (κ3) is 1.97. The minimum atomic E-state index is -0.549. The molecule has 5 rings (SSSR count). The van der Waals surface area contributed by atoms with Gasteiger partial charge in [0.1, 0.15) is 0 Å². The zero-order chi connectivity index (χ0) is 13.4. The molecule has 0 amide bonds. The highest BCUT2D eigenvalue weighted by Crippen LogP contribution is 2.22. The van der Waals surface area contributed by atoms with E-state index < -0.39 is 11.9 Å². The van der Waals surface area contributed by atoms with Crippen molar-refractivity contribution in [3.63, 3.8) is 0 Å². The smallest absolute Gasteiger partial charge is 0.345 e. The van der Waals surface area contributed by atoms with Crippen LogP contribution in [0.2, 0.25) is 0 Å². The number of hydrogen-bond donors (Lipinski definition) is 0. The molecule has 3 aliphatic rings. The Labute approximate surface area is 109 Å². The summed E-state index contributed by atoms with van der Waals surface area (Å²) in [6.07, 6.45) is 1.43. The molecule has 94 valence electrons. The highest BCUT2D eigenvalue weighted by molar-refractivity contribution is 6.00. The van der Waals surface area contributed by atoms with Crippen molar-refractivity contribution in [1.82, 2.24) is 0 Å². The molecule has 2 aromatic carbocycles. The number of carbonyl (C=O) groups excluding carboxylic acids is 2. The zero-order valence-electron chi connectivity index (χ0n) is 10.2. The predicted molar refractivity (Wildman–Crippen MR) is 68.5 cm³/mol. The molecule has 0 fully saturated rings. The number of carbonyl (C=O) groups is 2. The van der Waals surface area contributed by atoms with Crippen molar-refractivity contribution >= 4 is 22.7 Å². The van der Waals surface area contributed by atoms with Crippen LogP contribution in [0, 0.1) is 0 Å². The third-order valence-corrected chi connectivity index (χ3v) is 2.93. The van der Waals surface area contributed by atoms with Gasteiger partial charge >= 0.3 is 11.9 Å². The Bertz CT molecular complexity index is 669. The number of allylic oxidation sites excluding steroid dienone is 1. The maximum atomic E-state index is 11.9. The standard InChI is InChI=1S/C15H10O4/c1-2-13-18-14(16)11-5-3-9-7-12(15(17)19-13)6-4-10(9)8-11/h2-8H,1H3. The summed E-state index contributed by atoms with van der Waals surface area (Å²) in [6.45, 7) is 1.63. The summed E-state index contributed by atoms with van der Waals surface area (Å²) in [4.78, 5) is 23.8. The van der Waals surface area contributed by atoms with Crippen molar-refractivity contribution in [2.24, 2.45) is 0 Å². The molecule has 0 radical (unpaired) electrons. The minimum Gasteiger partial charge on any atom is -0.389 e.